The topological polar surface area (TPSA) is 91.2 Å². The number of aryl methyl sites for hydroxylation is 2. The van der Waals surface area contributed by atoms with Gasteiger partial charge in [-0.1, -0.05) is 18.2 Å². The minimum absolute atomic E-state index is 0.288. The Morgan fingerprint density at radius 3 is 2.27 bits per heavy atom. The third-order valence-corrected chi connectivity index (χ3v) is 6.03. The van der Waals surface area contributed by atoms with Crippen molar-refractivity contribution in [3.63, 3.8) is 0 Å². The molecule has 4 rings (SSSR count). The van der Waals surface area contributed by atoms with E-state index in [4.69, 9.17) is 10.00 Å². The van der Waals surface area contributed by atoms with Gasteiger partial charge in [-0.15, -0.1) is 0 Å². The summed E-state index contributed by atoms with van der Waals surface area (Å²) in [6.07, 6.45) is 6.57. The lowest BCUT2D eigenvalue weighted by Gasteiger charge is -2.20. The van der Waals surface area contributed by atoms with Gasteiger partial charge in [0.05, 0.1) is 18.7 Å². The van der Waals surface area contributed by atoms with Crippen LogP contribution >= 0.6 is 0 Å². The molecule has 1 unspecified atom stereocenters. The first kappa shape index (κ1) is 20.0. The molecule has 1 atom stereocenters. The summed E-state index contributed by atoms with van der Waals surface area (Å²) < 4.78 is 4.89. The van der Waals surface area contributed by atoms with Crippen LogP contribution in [0.4, 0.5) is 10.5 Å². The monoisotopic (exact) mass is 403 g/mol. The average Bonchev–Trinajstić information content (AvgIpc) is 3.42. The Bertz CT molecular complexity index is 989. The van der Waals surface area contributed by atoms with Crippen molar-refractivity contribution in [2.75, 3.05) is 12.4 Å². The minimum atomic E-state index is -0.812. The van der Waals surface area contributed by atoms with Gasteiger partial charge in [0.2, 0.25) is 0 Å². The molecule has 0 heterocycles. The van der Waals surface area contributed by atoms with Crippen molar-refractivity contribution in [1.82, 2.24) is 5.32 Å². The predicted molar refractivity (Wildman–Crippen MR) is 113 cm³/mol. The Labute approximate surface area is 176 Å². The number of hydrogen-bond donors (Lipinski definition) is 2. The molecule has 2 aliphatic rings. The first-order valence-corrected chi connectivity index (χ1v) is 10.4. The molecule has 2 aliphatic carbocycles. The van der Waals surface area contributed by atoms with E-state index in [0.717, 1.165) is 49.8 Å². The van der Waals surface area contributed by atoms with Crippen LogP contribution in [0.1, 0.15) is 46.2 Å². The highest BCUT2D eigenvalue weighted by molar-refractivity contribution is 5.94. The van der Waals surface area contributed by atoms with Gasteiger partial charge in [0.1, 0.15) is 6.04 Å². The molecule has 2 aromatic carbocycles. The number of carbonyl (C=O) groups is 2. The van der Waals surface area contributed by atoms with Crippen molar-refractivity contribution < 1.29 is 14.3 Å². The van der Waals surface area contributed by atoms with Crippen molar-refractivity contribution in [3.8, 4) is 6.07 Å². The fourth-order valence-corrected chi connectivity index (χ4v) is 4.56. The fraction of sp³-hybridized carbons (Fsp3) is 0.375. The van der Waals surface area contributed by atoms with Crippen molar-refractivity contribution in [2.24, 2.45) is 0 Å². The van der Waals surface area contributed by atoms with Crippen LogP contribution in [0.2, 0.25) is 0 Å². The summed E-state index contributed by atoms with van der Waals surface area (Å²) in [6, 6.07) is 10.1. The second-order valence-electron chi connectivity index (χ2n) is 7.92. The van der Waals surface area contributed by atoms with Crippen LogP contribution in [0.15, 0.2) is 30.3 Å². The molecule has 2 amide bonds. The van der Waals surface area contributed by atoms with E-state index in [1.54, 1.807) is 24.3 Å². The second-order valence-corrected chi connectivity index (χ2v) is 7.92. The summed E-state index contributed by atoms with van der Waals surface area (Å²) in [6.45, 7) is 0. The Kier molecular flexibility index (Phi) is 5.71. The lowest BCUT2D eigenvalue weighted by molar-refractivity contribution is -0.142. The van der Waals surface area contributed by atoms with E-state index in [9.17, 15) is 9.59 Å². The molecule has 0 saturated heterocycles. The second kappa shape index (κ2) is 8.58. The number of urea groups is 1. The normalized spacial score (nSPS) is 14.9. The molecule has 2 N–H and O–H groups in total. The van der Waals surface area contributed by atoms with Crippen LogP contribution in [0, 0.1) is 11.3 Å². The Morgan fingerprint density at radius 1 is 1.07 bits per heavy atom. The molecule has 0 radical (unpaired) electrons. The maximum atomic E-state index is 12.9. The molecule has 30 heavy (non-hydrogen) atoms. The molecule has 0 bridgehead atoms. The van der Waals surface area contributed by atoms with Crippen molar-refractivity contribution in [1.29, 1.82) is 5.26 Å². The van der Waals surface area contributed by atoms with Crippen LogP contribution in [0.5, 0.6) is 0 Å². The smallest absolute Gasteiger partial charge is 0.328 e. The van der Waals surface area contributed by atoms with E-state index in [1.807, 2.05) is 0 Å². The molecular weight excluding hydrogens is 378 g/mol. The number of rotatable bonds is 5. The summed E-state index contributed by atoms with van der Waals surface area (Å²) >= 11 is 0. The van der Waals surface area contributed by atoms with Gasteiger partial charge in [-0.25, -0.2) is 9.59 Å². The number of ether oxygens (including phenoxy) is 1. The summed E-state index contributed by atoms with van der Waals surface area (Å²) in [5.41, 5.74) is 7.50. The number of esters is 1. The van der Waals surface area contributed by atoms with Gasteiger partial charge in [0.25, 0.3) is 0 Å². The zero-order valence-electron chi connectivity index (χ0n) is 17.1. The van der Waals surface area contributed by atoms with Gasteiger partial charge in [0.15, 0.2) is 0 Å². The first-order chi connectivity index (χ1) is 14.6. The maximum Gasteiger partial charge on any atom is 0.328 e. The first-order valence-electron chi connectivity index (χ1n) is 10.4. The Hall–Kier alpha value is -3.33. The largest absolute Gasteiger partial charge is 0.467 e. The third-order valence-electron chi connectivity index (χ3n) is 6.03. The number of nitrogens with zero attached hydrogens (tertiary/aromatic N) is 1. The zero-order chi connectivity index (χ0) is 21.1. The van der Waals surface area contributed by atoms with Crippen molar-refractivity contribution in [3.05, 3.63) is 63.7 Å². The van der Waals surface area contributed by atoms with E-state index >= 15 is 0 Å². The summed E-state index contributed by atoms with van der Waals surface area (Å²) in [7, 11) is 1.31. The number of hydrogen-bond acceptors (Lipinski definition) is 4. The molecule has 2 aromatic rings. The lowest BCUT2D eigenvalue weighted by Crippen LogP contribution is -2.45. The molecule has 6 nitrogen and oxygen atoms in total. The summed E-state index contributed by atoms with van der Waals surface area (Å²) in [5.74, 6) is -0.502. The fourth-order valence-electron chi connectivity index (χ4n) is 4.56. The number of amides is 2. The van der Waals surface area contributed by atoms with E-state index < -0.39 is 18.0 Å². The minimum Gasteiger partial charge on any atom is -0.467 e. The van der Waals surface area contributed by atoms with Gasteiger partial charge in [-0.2, -0.15) is 5.26 Å². The molecule has 0 fully saturated rings. The van der Waals surface area contributed by atoms with Crippen LogP contribution < -0.4 is 10.6 Å². The molecule has 154 valence electrons. The van der Waals surface area contributed by atoms with Crippen molar-refractivity contribution >= 4 is 17.7 Å². The van der Waals surface area contributed by atoms with E-state index in [-0.39, 0.29) is 6.42 Å². The Balaban J connectivity index is 1.51. The summed E-state index contributed by atoms with van der Waals surface area (Å²) in [5, 5.41) is 14.8. The number of anilines is 1. The van der Waals surface area contributed by atoms with E-state index in [2.05, 4.69) is 22.8 Å². The number of nitriles is 1. The van der Waals surface area contributed by atoms with Crippen LogP contribution in [-0.2, 0) is 41.6 Å². The number of methoxy groups -OCH3 is 1. The number of carbonyl (C=O) groups excluding carboxylic acids is 2. The molecule has 0 aliphatic heterocycles. The Morgan fingerprint density at radius 2 is 1.70 bits per heavy atom. The highest BCUT2D eigenvalue weighted by Crippen LogP contribution is 2.38. The van der Waals surface area contributed by atoms with Crippen LogP contribution in [-0.4, -0.2) is 25.2 Å². The van der Waals surface area contributed by atoms with Gasteiger partial charge >= 0.3 is 12.0 Å². The van der Waals surface area contributed by atoms with Crippen molar-refractivity contribution in [2.45, 2.75) is 51.0 Å². The predicted octanol–water partition coefficient (Wildman–Crippen LogP) is 3.44. The highest BCUT2D eigenvalue weighted by atomic mass is 16.5. The maximum absolute atomic E-state index is 12.9. The zero-order valence-corrected chi connectivity index (χ0v) is 17.1. The standard InChI is InChI=1S/C24H25N3O3/c1-30-23(28)21(12-15-8-10-16(14-25)11-9-15)26-24(29)27-22-19-6-2-4-17(19)13-18-5-3-7-20(18)22/h8-11,13,21H,2-7,12H2,1H3,(H2,26,27,29). The van der Waals surface area contributed by atoms with E-state index in [0.29, 0.717) is 5.56 Å². The van der Waals surface area contributed by atoms with Gasteiger partial charge in [-0.05, 0) is 78.5 Å². The lowest BCUT2D eigenvalue weighted by atomic mass is 9.99. The highest BCUT2D eigenvalue weighted by Gasteiger charge is 2.27. The van der Waals surface area contributed by atoms with Crippen LogP contribution in [0.3, 0.4) is 0 Å². The molecule has 0 saturated carbocycles. The quantitative estimate of drug-likeness (QED) is 0.748. The SMILES string of the molecule is COC(=O)C(Cc1ccc(C#N)cc1)NC(=O)Nc1c2c(cc3c1CCC3)CCC2. The number of fused-ring (bicyclic) bond motifs is 2. The average molecular weight is 403 g/mol. The third kappa shape index (κ3) is 4.02. The summed E-state index contributed by atoms with van der Waals surface area (Å²) in [4.78, 5) is 25.1. The molecule has 6 heteroatoms. The number of benzene rings is 2. The van der Waals surface area contributed by atoms with E-state index in [1.165, 1.54) is 29.4 Å². The van der Waals surface area contributed by atoms with Gasteiger partial charge in [0, 0.05) is 12.1 Å². The molecular formula is C24H25N3O3. The van der Waals surface area contributed by atoms with Crippen LogP contribution in [0.25, 0.3) is 0 Å². The number of nitrogens with one attached hydrogen (secondary N) is 2. The van der Waals surface area contributed by atoms with Gasteiger partial charge < -0.3 is 15.4 Å². The molecule has 0 aromatic heterocycles. The molecule has 0 spiro atoms. The van der Waals surface area contributed by atoms with Gasteiger partial charge in [-0.3, -0.25) is 0 Å².